The number of amides is 1. The third-order valence-corrected chi connectivity index (χ3v) is 4.52. The molecule has 5 heteroatoms. The number of aromatic nitrogens is 2. The van der Waals surface area contributed by atoms with Crippen LogP contribution in [0.25, 0.3) is 0 Å². The van der Waals surface area contributed by atoms with Gasteiger partial charge in [0.25, 0.3) is 5.91 Å². The second-order valence-corrected chi connectivity index (χ2v) is 6.06. The first-order valence-corrected chi connectivity index (χ1v) is 7.94. The summed E-state index contributed by atoms with van der Waals surface area (Å²) in [6.45, 7) is 4.53. The molecule has 0 aliphatic carbocycles. The fourth-order valence-electron chi connectivity index (χ4n) is 3.10. The van der Waals surface area contributed by atoms with Crippen LogP contribution in [0.4, 0.5) is 0 Å². The largest absolute Gasteiger partial charge is 0.339 e. The van der Waals surface area contributed by atoms with E-state index >= 15 is 0 Å². The summed E-state index contributed by atoms with van der Waals surface area (Å²) in [6, 6.07) is 9.02. The van der Waals surface area contributed by atoms with Gasteiger partial charge < -0.3 is 9.47 Å². The highest BCUT2D eigenvalue weighted by molar-refractivity contribution is 5.94. The maximum atomic E-state index is 12.5. The van der Waals surface area contributed by atoms with E-state index in [0.29, 0.717) is 17.0 Å². The van der Waals surface area contributed by atoms with Crippen molar-refractivity contribution in [1.29, 1.82) is 5.26 Å². The van der Waals surface area contributed by atoms with Crippen LogP contribution in [0.1, 0.15) is 34.6 Å². The van der Waals surface area contributed by atoms with Gasteiger partial charge in [-0.3, -0.25) is 4.79 Å². The van der Waals surface area contributed by atoms with Crippen molar-refractivity contribution < 1.29 is 4.79 Å². The fourth-order valence-corrected chi connectivity index (χ4v) is 3.10. The summed E-state index contributed by atoms with van der Waals surface area (Å²) < 4.78 is 2.18. The molecule has 0 atom stereocenters. The van der Waals surface area contributed by atoms with Gasteiger partial charge in [-0.15, -0.1) is 0 Å². The number of imidazole rings is 1. The molecule has 0 spiro atoms. The van der Waals surface area contributed by atoms with Crippen LogP contribution < -0.4 is 0 Å². The van der Waals surface area contributed by atoms with Gasteiger partial charge in [-0.25, -0.2) is 4.98 Å². The molecule has 2 heterocycles. The lowest BCUT2D eigenvalue weighted by Gasteiger charge is -2.32. The second-order valence-electron chi connectivity index (χ2n) is 6.06. The quantitative estimate of drug-likeness (QED) is 0.875. The minimum Gasteiger partial charge on any atom is -0.339 e. The summed E-state index contributed by atoms with van der Waals surface area (Å²) in [4.78, 5) is 18.7. The average molecular weight is 308 g/mol. The van der Waals surface area contributed by atoms with Crippen LogP contribution >= 0.6 is 0 Å². The number of aryl methyl sites for hydroxylation is 1. The predicted molar refractivity (Wildman–Crippen MR) is 86.7 cm³/mol. The highest BCUT2D eigenvalue weighted by atomic mass is 16.2. The van der Waals surface area contributed by atoms with Gasteiger partial charge in [0.15, 0.2) is 0 Å². The van der Waals surface area contributed by atoms with E-state index in [1.165, 1.54) is 0 Å². The van der Waals surface area contributed by atoms with Crippen molar-refractivity contribution in [3.05, 3.63) is 53.6 Å². The maximum Gasteiger partial charge on any atom is 0.253 e. The normalized spacial score (nSPS) is 15.4. The van der Waals surface area contributed by atoms with Gasteiger partial charge in [-0.05, 0) is 43.9 Å². The minimum absolute atomic E-state index is 0.0272. The molecule has 1 aromatic carbocycles. The number of likely N-dealkylation sites (tertiary alicyclic amines) is 1. The van der Waals surface area contributed by atoms with Crippen molar-refractivity contribution in [3.63, 3.8) is 0 Å². The SMILES string of the molecule is Cc1nccn1CC1CCN(C(=O)c2cccc(C#N)c2)CC1. The Kier molecular flexibility index (Phi) is 4.42. The zero-order valence-electron chi connectivity index (χ0n) is 13.3. The summed E-state index contributed by atoms with van der Waals surface area (Å²) in [5, 5.41) is 8.95. The Bertz CT molecular complexity index is 735. The number of hydrogen-bond acceptors (Lipinski definition) is 3. The predicted octanol–water partition coefficient (Wildman–Crippen LogP) is 2.62. The highest BCUT2D eigenvalue weighted by Gasteiger charge is 2.24. The van der Waals surface area contributed by atoms with Crippen LogP contribution in [-0.4, -0.2) is 33.4 Å². The van der Waals surface area contributed by atoms with E-state index in [2.05, 4.69) is 15.6 Å². The molecule has 1 aliphatic heterocycles. The molecular weight excluding hydrogens is 288 g/mol. The van der Waals surface area contributed by atoms with E-state index in [4.69, 9.17) is 5.26 Å². The second kappa shape index (κ2) is 6.66. The average Bonchev–Trinajstić information content (AvgIpc) is 3.00. The summed E-state index contributed by atoms with van der Waals surface area (Å²) in [5.41, 5.74) is 1.13. The number of benzene rings is 1. The summed E-state index contributed by atoms with van der Waals surface area (Å²) in [7, 11) is 0. The van der Waals surface area contributed by atoms with Crippen molar-refractivity contribution in [2.24, 2.45) is 5.92 Å². The molecule has 0 bridgehead atoms. The molecule has 1 saturated heterocycles. The van der Waals surface area contributed by atoms with Gasteiger partial charge in [-0.1, -0.05) is 6.07 Å². The van der Waals surface area contributed by atoms with Gasteiger partial charge in [0, 0.05) is 37.6 Å². The van der Waals surface area contributed by atoms with Gasteiger partial charge in [0.2, 0.25) is 0 Å². The fraction of sp³-hybridized carbons (Fsp3) is 0.389. The zero-order chi connectivity index (χ0) is 16.2. The maximum absolute atomic E-state index is 12.5. The molecule has 1 aromatic heterocycles. The smallest absolute Gasteiger partial charge is 0.253 e. The van der Waals surface area contributed by atoms with Crippen molar-refractivity contribution in [1.82, 2.24) is 14.5 Å². The zero-order valence-corrected chi connectivity index (χ0v) is 13.3. The molecule has 5 nitrogen and oxygen atoms in total. The monoisotopic (exact) mass is 308 g/mol. The molecule has 0 N–H and O–H groups in total. The van der Waals surface area contributed by atoms with E-state index in [1.807, 2.05) is 24.2 Å². The van der Waals surface area contributed by atoms with Crippen LogP contribution in [0.2, 0.25) is 0 Å². The van der Waals surface area contributed by atoms with Gasteiger partial charge >= 0.3 is 0 Å². The van der Waals surface area contributed by atoms with Crippen molar-refractivity contribution >= 4 is 5.91 Å². The topological polar surface area (TPSA) is 61.9 Å². The Morgan fingerprint density at radius 3 is 2.83 bits per heavy atom. The molecule has 2 aromatic rings. The summed E-state index contributed by atoms with van der Waals surface area (Å²) in [5.74, 6) is 1.65. The van der Waals surface area contributed by atoms with Gasteiger partial charge in [0.05, 0.1) is 11.6 Å². The molecule has 0 unspecified atom stereocenters. The van der Waals surface area contributed by atoms with Crippen molar-refractivity contribution in [3.8, 4) is 6.07 Å². The molecule has 0 radical (unpaired) electrons. The highest BCUT2D eigenvalue weighted by Crippen LogP contribution is 2.21. The van der Waals surface area contributed by atoms with Crippen LogP contribution in [-0.2, 0) is 6.54 Å². The number of carbonyl (C=O) groups excluding carboxylic acids is 1. The number of hydrogen-bond donors (Lipinski definition) is 0. The van der Waals surface area contributed by atoms with E-state index in [1.54, 1.807) is 24.3 Å². The first kappa shape index (κ1) is 15.3. The van der Waals surface area contributed by atoms with Crippen molar-refractivity contribution in [2.75, 3.05) is 13.1 Å². The summed E-state index contributed by atoms with van der Waals surface area (Å²) >= 11 is 0. The lowest BCUT2D eigenvalue weighted by Crippen LogP contribution is -2.39. The van der Waals surface area contributed by atoms with Crippen LogP contribution in [0.5, 0.6) is 0 Å². The molecule has 3 rings (SSSR count). The molecule has 0 saturated carbocycles. The number of piperidine rings is 1. The third kappa shape index (κ3) is 3.42. The van der Waals surface area contributed by atoms with Crippen LogP contribution in [0.3, 0.4) is 0 Å². The Morgan fingerprint density at radius 1 is 1.39 bits per heavy atom. The van der Waals surface area contributed by atoms with Gasteiger partial charge in [-0.2, -0.15) is 5.26 Å². The Morgan fingerprint density at radius 2 is 2.17 bits per heavy atom. The van der Waals surface area contributed by atoms with E-state index < -0.39 is 0 Å². The lowest BCUT2D eigenvalue weighted by molar-refractivity contribution is 0.0682. The molecule has 1 amide bonds. The number of rotatable bonds is 3. The van der Waals surface area contributed by atoms with E-state index in [0.717, 1.165) is 38.3 Å². The van der Waals surface area contributed by atoms with Gasteiger partial charge in [0.1, 0.15) is 5.82 Å². The Balaban J connectivity index is 1.59. The molecule has 118 valence electrons. The van der Waals surface area contributed by atoms with Crippen LogP contribution in [0.15, 0.2) is 36.7 Å². The molecule has 1 aliphatic rings. The number of carbonyl (C=O) groups is 1. The lowest BCUT2D eigenvalue weighted by atomic mass is 9.96. The first-order chi connectivity index (χ1) is 11.2. The number of nitriles is 1. The standard InChI is InChI=1S/C18H20N4O/c1-14-20-7-10-22(14)13-15-5-8-21(9-6-15)18(23)17-4-2-3-16(11-17)12-19/h2-4,7,10-11,15H,5-6,8-9,13H2,1H3. The Hall–Kier alpha value is -2.61. The van der Waals surface area contributed by atoms with E-state index in [9.17, 15) is 4.79 Å². The van der Waals surface area contributed by atoms with E-state index in [-0.39, 0.29) is 5.91 Å². The molecular formula is C18H20N4O. The number of nitrogens with zero attached hydrogens (tertiary/aromatic N) is 4. The molecule has 1 fully saturated rings. The van der Waals surface area contributed by atoms with Crippen LogP contribution in [0, 0.1) is 24.2 Å². The minimum atomic E-state index is 0.0272. The van der Waals surface area contributed by atoms with Crippen molar-refractivity contribution in [2.45, 2.75) is 26.3 Å². The molecule has 23 heavy (non-hydrogen) atoms. The summed E-state index contributed by atoms with van der Waals surface area (Å²) in [6.07, 6.45) is 5.85. The third-order valence-electron chi connectivity index (χ3n) is 4.52. The Labute approximate surface area is 136 Å². The first-order valence-electron chi connectivity index (χ1n) is 7.94.